The van der Waals surface area contributed by atoms with Crippen molar-refractivity contribution in [1.82, 2.24) is 9.88 Å². The third kappa shape index (κ3) is 5.63. The predicted octanol–water partition coefficient (Wildman–Crippen LogP) is 5.61. The Balaban J connectivity index is 1.55. The SMILES string of the molecule is COc1ccc(C2/C(=C(\O)c3ccc(OCc4ccccc4)c(C)c3)C(=O)C(=O)N2Cc2cccnc2)cc1OC. The number of pyridine rings is 1. The number of methoxy groups -OCH3 is 2. The fraction of sp³-hybridized carbons (Fsp3) is 0.182. The number of aryl methyl sites for hydroxylation is 1. The molecule has 8 heteroatoms. The Morgan fingerprint density at radius 3 is 2.29 bits per heavy atom. The first kappa shape index (κ1) is 27.5. The Morgan fingerprint density at radius 1 is 0.878 bits per heavy atom. The number of benzene rings is 3. The fourth-order valence-corrected chi connectivity index (χ4v) is 4.95. The maximum atomic E-state index is 13.5. The summed E-state index contributed by atoms with van der Waals surface area (Å²) in [6.07, 6.45) is 3.28. The van der Waals surface area contributed by atoms with Gasteiger partial charge in [0.1, 0.15) is 18.1 Å². The number of hydrogen-bond donors (Lipinski definition) is 1. The molecule has 8 nitrogen and oxygen atoms in total. The molecule has 2 heterocycles. The molecule has 1 aliphatic rings. The van der Waals surface area contributed by atoms with Crippen molar-refractivity contribution in [2.24, 2.45) is 0 Å². The number of aliphatic hydroxyl groups is 1. The molecule has 1 aliphatic heterocycles. The van der Waals surface area contributed by atoms with Crippen molar-refractivity contribution in [3.63, 3.8) is 0 Å². The molecule has 41 heavy (non-hydrogen) atoms. The van der Waals surface area contributed by atoms with Gasteiger partial charge in [-0.05, 0) is 65.6 Å². The average molecular weight is 551 g/mol. The number of Topliss-reactive ketones (excluding diaryl/α,β-unsaturated/α-hetero) is 1. The van der Waals surface area contributed by atoms with E-state index in [1.165, 1.54) is 19.1 Å². The van der Waals surface area contributed by atoms with E-state index in [2.05, 4.69) is 4.98 Å². The Hall–Kier alpha value is -5.11. The molecule has 208 valence electrons. The van der Waals surface area contributed by atoms with Gasteiger partial charge in [0.15, 0.2) is 11.5 Å². The number of carbonyl (C=O) groups excluding carboxylic acids is 2. The lowest BCUT2D eigenvalue weighted by atomic mass is 9.94. The van der Waals surface area contributed by atoms with Crippen molar-refractivity contribution in [3.05, 3.63) is 125 Å². The van der Waals surface area contributed by atoms with Crippen LogP contribution in [-0.2, 0) is 22.7 Å². The van der Waals surface area contributed by atoms with Gasteiger partial charge in [0.2, 0.25) is 0 Å². The van der Waals surface area contributed by atoms with E-state index in [9.17, 15) is 14.7 Å². The second-order valence-corrected chi connectivity index (χ2v) is 9.66. The van der Waals surface area contributed by atoms with Crippen molar-refractivity contribution in [1.29, 1.82) is 0 Å². The van der Waals surface area contributed by atoms with Crippen molar-refractivity contribution in [2.75, 3.05) is 14.2 Å². The first-order valence-electron chi connectivity index (χ1n) is 13.1. The number of nitrogens with zero attached hydrogens (tertiary/aromatic N) is 2. The molecular formula is C33H30N2O6. The van der Waals surface area contributed by atoms with Crippen LogP contribution in [0.15, 0.2) is 96.8 Å². The van der Waals surface area contributed by atoms with Gasteiger partial charge >= 0.3 is 0 Å². The van der Waals surface area contributed by atoms with E-state index in [-0.39, 0.29) is 17.9 Å². The van der Waals surface area contributed by atoms with Gasteiger partial charge in [-0.1, -0.05) is 42.5 Å². The van der Waals surface area contributed by atoms with Gasteiger partial charge in [0.25, 0.3) is 11.7 Å². The van der Waals surface area contributed by atoms with Crippen LogP contribution in [0.1, 0.15) is 33.9 Å². The lowest BCUT2D eigenvalue weighted by Crippen LogP contribution is -2.29. The van der Waals surface area contributed by atoms with Crippen molar-refractivity contribution >= 4 is 17.4 Å². The molecule has 3 aromatic carbocycles. The molecule has 0 aliphatic carbocycles. The molecule has 5 rings (SSSR count). The Labute approximate surface area is 238 Å². The lowest BCUT2D eigenvalue weighted by molar-refractivity contribution is -0.140. The highest BCUT2D eigenvalue weighted by molar-refractivity contribution is 6.46. The van der Waals surface area contributed by atoms with Gasteiger partial charge in [-0.3, -0.25) is 14.6 Å². The Bertz CT molecular complexity index is 1600. The van der Waals surface area contributed by atoms with Gasteiger partial charge in [-0.15, -0.1) is 0 Å². The third-order valence-corrected chi connectivity index (χ3v) is 7.02. The number of amides is 1. The van der Waals surface area contributed by atoms with Crippen molar-refractivity contribution in [3.8, 4) is 17.2 Å². The van der Waals surface area contributed by atoms with Crippen LogP contribution in [0.25, 0.3) is 5.76 Å². The summed E-state index contributed by atoms with van der Waals surface area (Å²) in [5.74, 6) is -0.161. The summed E-state index contributed by atoms with van der Waals surface area (Å²) >= 11 is 0. The first-order valence-corrected chi connectivity index (χ1v) is 13.1. The predicted molar refractivity (Wildman–Crippen MR) is 154 cm³/mol. The standard InChI is InChI=1S/C33H30N2O6/c1-21-16-25(12-13-26(21)41-20-22-8-5-4-6-9-22)31(36)29-30(24-11-14-27(39-2)28(17-24)40-3)35(33(38)32(29)37)19-23-10-7-15-34-18-23/h4-18,30,36H,19-20H2,1-3H3/b31-29+. The van der Waals surface area contributed by atoms with Crippen LogP contribution in [0.3, 0.4) is 0 Å². The van der Waals surface area contributed by atoms with E-state index in [0.29, 0.717) is 35.0 Å². The maximum Gasteiger partial charge on any atom is 0.295 e. The first-order chi connectivity index (χ1) is 19.9. The Kier molecular flexibility index (Phi) is 8.01. The molecule has 1 amide bonds. The van der Waals surface area contributed by atoms with Crippen molar-refractivity contribution in [2.45, 2.75) is 26.1 Å². The number of rotatable bonds is 9. The molecule has 4 aromatic rings. The fourth-order valence-electron chi connectivity index (χ4n) is 4.95. The van der Waals surface area contributed by atoms with Crippen LogP contribution in [0.4, 0.5) is 0 Å². The highest BCUT2D eigenvalue weighted by Crippen LogP contribution is 2.43. The van der Waals surface area contributed by atoms with Crippen LogP contribution < -0.4 is 14.2 Å². The number of hydrogen-bond acceptors (Lipinski definition) is 7. The zero-order valence-corrected chi connectivity index (χ0v) is 23.0. The maximum absolute atomic E-state index is 13.5. The van der Waals surface area contributed by atoms with E-state index in [1.54, 1.807) is 54.9 Å². The van der Waals surface area contributed by atoms with E-state index in [0.717, 1.165) is 16.7 Å². The molecule has 0 radical (unpaired) electrons. The second kappa shape index (κ2) is 12.0. The summed E-state index contributed by atoms with van der Waals surface area (Å²) < 4.78 is 16.9. The summed E-state index contributed by atoms with van der Waals surface area (Å²) in [5.41, 5.74) is 3.53. The number of ether oxygens (including phenoxy) is 3. The minimum atomic E-state index is -0.871. The minimum Gasteiger partial charge on any atom is -0.507 e. The van der Waals surface area contributed by atoms with Crippen molar-refractivity contribution < 1.29 is 28.9 Å². The average Bonchev–Trinajstić information content (AvgIpc) is 3.25. The molecular weight excluding hydrogens is 520 g/mol. The van der Waals surface area contributed by atoms with Gasteiger partial charge in [0, 0.05) is 24.5 Å². The van der Waals surface area contributed by atoms with E-state index in [1.807, 2.05) is 43.3 Å². The van der Waals surface area contributed by atoms with Crippen LogP contribution in [0.2, 0.25) is 0 Å². The second-order valence-electron chi connectivity index (χ2n) is 9.66. The number of aromatic nitrogens is 1. The Morgan fingerprint density at radius 2 is 1.61 bits per heavy atom. The van der Waals surface area contributed by atoms with Crippen LogP contribution >= 0.6 is 0 Å². The molecule has 1 aromatic heterocycles. The van der Waals surface area contributed by atoms with E-state index >= 15 is 0 Å². The molecule has 0 saturated carbocycles. The van der Waals surface area contributed by atoms with Crippen LogP contribution in [0, 0.1) is 6.92 Å². The molecule has 1 fully saturated rings. The molecule has 0 bridgehead atoms. The van der Waals surface area contributed by atoms with Gasteiger partial charge in [0.05, 0.1) is 25.8 Å². The number of ketones is 1. The third-order valence-electron chi connectivity index (χ3n) is 7.02. The quantitative estimate of drug-likeness (QED) is 0.164. The number of aliphatic hydroxyl groups excluding tert-OH is 1. The topological polar surface area (TPSA) is 98.2 Å². The highest BCUT2D eigenvalue weighted by Gasteiger charge is 2.46. The van der Waals surface area contributed by atoms with Crippen LogP contribution in [0.5, 0.6) is 17.2 Å². The van der Waals surface area contributed by atoms with E-state index < -0.39 is 17.7 Å². The minimum absolute atomic E-state index is 0.0107. The zero-order chi connectivity index (χ0) is 28.9. The summed E-state index contributed by atoms with van der Waals surface area (Å²) in [7, 11) is 3.04. The molecule has 0 spiro atoms. The number of likely N-dealkylation sites (tertiary alicyclic amines) is 1. The van der Waals surface area contributed by atoms with E-state index in [4.69, 9.17) is 14.2 Å². The lowest BCUT2D eigenvalue weighted by Gasteiger charge is -2.26. The monoisotopic (exact) mass is 550 g/mol. The van der Waals surface area contributed by atoms with Gasteiger partial charge < -0.3 is 24.2 Å². The summed E-state index contributed by atoms with van der Waals surface area (Å²) in [6, 6.07) is 22.9. The molecule has 1 unspecified atom stereocenters. The zero-order valence-electron chi connectivity index (χ0n) is 23.0. The molecule has 1 N–H and O–H groups in total. The van der Waals surface area contributed by atoms with Gasteiger partial charge in [-0.2, -0.15) is 0 Å². The summed E-state index contributed by atoms with van der Waals surface area (Å²) in [4.78, 5) is 32.5. The smallest absolute Gasteiger partial charge is 0.295 e. The highest BCUT2D eigenvalue weighted by atomic mass is 16.5. The van der Waals surface area contributed by atoms with Gasteiger partial charge in [-0.25, -0.2) is 0 Å². The number of carbonyl (C=O) groups is 2. The summed E-state index contributed by atoms with van der Waals surface area (Å²) in [5, 5.41) is 11.5. The molecule has 1 saturated heterocycles. The van der Waals surface area contributed by atoms with Crippen LogP contribution in [-0.4, -0.2) is 40.9 Å². The summed E-state index contributed by atoms with van der Waals surface area (Å²) in [6.45, 7) is 2.38. The molecule has 1 atom stereocenters. The largest absolute Gasteiger partial charge is 0.507 e. The normalized spacial score (nSPS) is 16.1.